The molecule has 0 radical (unpaired) electrons. The van der Waals surface area contributed by atoms with Gasteiger partial charge in [-0.1, -0.05) is 42.0 Å². The van der Waals surface area contributed by atoms with Crippen molar-refractivity contribution in [2.75, 3.05) is 4.90 Å². The topological polar surface area (TPSA) is 91.8 Å². The van der Waals surface area contributed by atoms with Gasteiger partial charge in [-0.15, -0.1) is 0 Å². The molecular formula is C30H25NO5. The van der Waals surface area contributed by atoms with Crippen LogP contribution in [0.15, 0.2) is 83.0 Å². The number of carbonyl (C=O) groups excluding carboxylic acids is 4. The van der Waals surface area contributed by atoms with Crippen LogP contribution >= 0.6 is 0 Å². The highest BCUT2D eigenvalue weighted by atomic mass is 16.3. The first-order chi connectivity index (χ1) is 17.3. The standard InChI is InChI=1S/C30H25NO5/c1-15-12-17(8-11-23(15)32)25-19-9-10-20-26(30(36)31(29(20)35)18-6-4-3-5-7-18)21(19)14-22-24(33)13-16(2)28(34)27(22)25/h3-9,11-13,20-21,25-26,32H,10,14H2,1-2H3. The third-order valence-electron chi connectivity index (χ3n) is 8.13. The number of amides is 2. The molecule has 6 heteroatoms. The minimum absolute atomic E-state index is 0.148. The second-order valence-corrected chi connectivity index (χ2v) is 10.1. The molecule has 1 N–H and O–H groups in total. The lowest BCUT2D eigenvalue weighted by molar-refractivity contribution is -0.123. The van der Waals surface area contributed by atoms with Crippen LogP contribution in [0.4, 0.5) is 5.69 Å². The number of allylic oxidation sites excluding steroid dienone is 6. The van der Waals surface area contributed by atoms with E-state index in [4.69, 9.17) is 0 Å². The summed E-state index contributed by atoms with van der Waals surface area (Å²) in [6, 6.07) is 14.1. The molecule has 2 amide bonds. The maximum Gasteiger partial charge on any atom is 0.238 e. The van der Waals surface area contributed by atoms with Crippen LogP contribution in [-0.2, 0) is 19.2 Å². The summed E-state index contributed by atoms with van der Waals surface area (Å²) in [6.07, 6.45) is 4.05. The van der Waals surface area contributed by atoms with E-state index in [-0.39, 0.29) is 41.5 Å². The number of anilines is 1. The number of hydrogen-bond donors (Lipinski definition) is 1. The maximum absolute atomic E-state index is 13.8. The molecule has 3 aliphatic carbocycles. The van der Waals surface area contributed by atoms with E-state index in [2.05, 4.69) is 0 Å². The van der Waals surface area contributed by atoms with E-state index in [0.717, 1.165) is 11.1 Å². The lowest BCUT2D eigenvalue weighted by atomic mass is 9.59. The molecule has 1 fully saturated rings. The van der Waals surface area contributed by atoms with Gasteiger partial charge in [-0.05, 0) is 68.0 Å². The Balaban J connectivity index is 1.50. The summed E-state index contributed by atoms with van der Waals surface area (Å²) in [5.74, 6) is -2.66. The molecule has 180 valence electrons. The molecule has 4 aliphatic rings. The Labute approximate surface area is 208 Å². The number of imide groups is 1. The number of aromatic hydroxyl groups is 1. The lowest BCUT2D eigenvalue weighted by Gasteiger charge is -2.42. The quantitative estimate of drug-likeness (QED) is 0.393. The molecule has 1 heterocycles. The fourth-order valence-corrected chi connectivity index (χ4v) is 6.43. The minimum Gasteiger partial charge on any atom is -0.508 e. The Kier molecular flexibility index (Phi) is 4.97. The Bertz CT molecular complexity index is 1460. The van der Waals surface area contributed by atoms with Gasteiger partial charge in [0.1, 0.15) is 5.75 Å². The first-order valence-corrected chi connectivity index (χ1v) is 12.2. The van der Waals surface area contributed by atoms with E-state index >= 15 is 0 Å². The molecule has 0 saturated carbocycles. The molecule has 6 rings (SSSR count). The van der Waals surface area contributed by atoms with Crippen molar-refractivity contribution >= 4 is 29.1 Å². The van der Waals surface area contributed by atoms with Gasteiger partial charge < -0.3 is 5.11 Å². The lowest BCUT2D eigenvalue weighted by Crippen LogP contribution is -2.39. The fourth-order valence-electron chi connectivity index (χ4n) is 6.43. The fraction of sp³-hybridized carbons (Fsp3) is 0.267. The number of carbonyl (C=O) groups is 4. The van der Waals surface area contributed by atoms with Crippen LogP contribution in [0.2, 0.25) is 0 Å². The first-order valence-electron chi connectivity index (χ1n) is 12.2. The van der Waals surface area contributed by atoms with Gasteiger partial charge in [0.2, 0.25) is 11.8 Å². The molecule has 1 saturated heterocycles. The van der Waals surface area contributed by atoms with Crippen LogP contribution < -0.4 is 4.90 Å². The number of Topliss-reactive ketones (excluding diaryl/α,β-unsaturated/α-hetero) is 1. The van der Waals surface area contributed by atoms with Crippen molar-refractivity contribution < 1.29 is 24.3 Å². The van der Waals surface area contributed by atoms with Crippen molar-refractivity contribution in [2.45, 2.75) is 32.6 Å². The predicted molar refractivity (Wildman–Crippen MR) is 133 cm³/mol. The summed E-state index contributed by atoms with van der Waals surface area (Å²) in [5, 5.41) is 10.1. The summed E-state index contributed by atoms with van der Waals surface area (Å²) >= 11 is 0. The summed E-state index contributed by atoms with van der Waals surface area (Å²) in [5.41, 5.74) is 4.20. The van der Waals surface area contributed by atoms with Crippen molar-refractivity contribution in [2.24, 2.45) is 17.8 Å². The van der Waals surface area contributed by atoms with E-state index in [0.29, 0.717) is 34.4 Å². The smallest absolute Gasteiger partial charge is 0.238 e. The summed E-state index contributed by atoms with van der Waals surface area (Å²) in [4.78, 5) is 55.0. The third kappa shape index (κ3) is 3.10. The number of aryl methyl sites for hydroxylation is 1. The van der Waals surface area contributed by atoms with Crippen LogP contribution in [-0.4, -0.2) is 28.5 Å². The van der Waals surface area contributed by atoms with E-state index < -0.39 is 17.8 Å². The molecule has 0 bridgehead atoms. The molecular weight excluding hydrogens is 454 g/mol. The Morgan fingerprint density at radius 2 is 1.67 bits per heavy atom. The van der Waals surface area contributed by atoms with Crippen LogP contribution in [0, 0.1) is 24.7 Å². The van der Waals surface area contributed by atoms with Gasteiger partial charge in [-0.25, -0.2) is 0 Å². The number of rotatable bonds is 2. The normalized spacial score (nSPS) is 27.4. The van der Waals surface area contributed by atoms with Crippen molar-refractivity contribution in [1.29, 1.82) is 0 Å². The number of hydrogen-bond acceptors (Lipinski definition) is 5. The first kappa shape index (κ1) is 22.4. The van der Waals surface area contributed by atoms with Crippen molar-refractivity contribution in [3.8, 4) is 5.75 Å². The highest BCUT2D eigenvalue weighted by molar-refractivity contribution is 6.25. The second kappa shape index (κ2) is 7.98. The van der Waals surface area contributed by atoms with Gasteiger partial charge in [0.15, 0.2) is 11.6 Å². The van der Waals surface area contributed by atoms with Crippen molar-refractivity contribution in [1.82, 2.24) is 0 Å². The molecule has 2 aromatic carbocycles. The van der Waals surface area contributed by atoms with E-state index in [1.165, 1.54) is 11.0 Å². The second-order valence-electron chi connectivity index (χ2n) is 10.1. The Hall–Kier alpha value is -4.06. The summed E-state index contributed by atoms with van der Waals surface area (Å²) < 4.78 is 0. The molecule has 4 atom stereocenters. The average Bonchev–Trinajstić information content (AvgIpc) is 3.13. The number of phenols is 1. The van der Waals surface area contributed by atoms with Crippen molar-refractivity contribution in [3.05, 3.63) is 94.1 Å². The van der Waals surface area contributed by atoms with E-state index in [1.807, 2.05) is 18.2 Å². The number of nitrogens with zero attached hydrogens (tertiary/aromatic N) is 1. The highest BCUT2D eigenvalue weighted by Gasteiger charge is 2.56. The van der Waals surface area contributed by atoms with Gasteiger partial charge in [0.25, 0.3) is 0 Å². The number of ketones is 2. The average molecular weight is 480 g/mol. The van der Waals surface area contributed by atoms with Crippen LogP contribution in [0.3, 0.4) is 0 Å². The van der Waals surface area contributed by atoms with Gasteiger partial charge in [0, 0.05) is 22.6 Å². The largest absolute Gasteiger partial charge is 0.508 e. The van der Waals surface area contributed by atoms with Gasteiger partial charge in [-0.2, -0.15) is 0 Å². The zero-order valence-corrected chi connectivity index (χ0v) is 20.0. The molecule has 0 aromatic heterocycles. The van der Waals surface area contributed by atoms with Gasteiger partial charge in [-0.3, -0.25) is 24.1 Å². The van der Waals surface area contributed by atoms with Crippen LogP contribution in [0.5, 0.6) is 5.75 Å². The number of benzene rings is 2. The van der Waals surface area contributed by atoms with E-state index in [9.17, 15) is 24.3 Å². The SMILES string of the molecule is CC1=CC(=O)C2=C(C1=O)C(c1ccc(O)c(C)c1)C1=CCC3C(=O)N(c4ccccc4)C(=O)C3C1C2. The van der Waals surface area contributed by atoms with Crippen LogP contribution in [0.1, 0.15) is 36.8 Å². The number of para-hydroxylation sites is 1. The van der Waals surface area contributed by atoms with Crippen LogP contribution in [0.25, 0.3) is 0 Å². The summed E-state index contributed by atoms with van der Waals surface area (Å²) in [7, 11) is 0. The predicted octanol–water partition coefficient (Wildman–Crippen LogP) is 4.33. The van der Waals surface area contributed by atoms with Gasteiger partial charge in [0.05, 0.1) is 17.5 Å². The monoisotopic (exact) mass is 479 g/mol. The maximum atomic E-state index is 13.8. The highest BCUT2D eigenvalue weighted by Crippen LogP contribution is 2.55. The summed E-state index contributed by atoms with van der Waals surface area (Å²) in [6.45, 7) is 3.44. The number of fused-ring (bicyclic) bond motifs is 3. The van der Waals surface area contributed by atoms with Crippen molar-refractivity contribution in [3.63, 3.8) is 0 Å². The molecule has 1 aliphatic heterocycles. The molecule has 2 aromatic rings. The number of phenolic OH excluding ortho intramolecular Hbond substituents is 1. The Morgan fingerprint density at radius 1 is 0.917 bits per heavy atom. The minimum atomic E-state index is -0.595. The third-order valence-corrected chi connectivity index (χ3v) is 8.13. The molecule has 6 nitrogen and oxygen atoms in total. The molecule has 4 unspecified atom stereocenters. The zero-order chi connectivity index (χ0) is 25.3. The zero-order valence-electron chi connectivity index (χ0n) is 20.0. The molecule has 0 spiro atoms. The molecule has 36 heavy (non-hydrogen) atoms. The van der Waals surface area contributed by atoms with E-state index in [1.54, 1.807) is 50.2 Å². The Morgan fingerprint density at radius 3 is 2.39 bits per heavy atom. The van der Waals surface area contributed by atoms with Gasteiger partial charge >= 0.3 is 0 Å².